The van der Waals surface area contributed by atoms with Crippen molar-refractivity contribution >= 4 is 11.0 Å². The fourth-order valence-electron chi connectivity index (χ4n) is 2.24. The molecule has 0 saturated carbocycles. The van der Waals surface area contributed by atoms with Crippen molar-refractivity contribution in [1.82, 2.24) is 9.55 Å². The van der Waals surface area contributed by atoms with Crippen molar-refractivity contribution in [3.63, 3.8) is 0 Å². The molecule has 2 rings (SSSR count). The molecule has 0 bridgehead atoms. The van der Waals surface area contributed by atoms with Gasteiger partial charge in [0, 0.05) is 20.1 Å². The van der Waals surface area contributed by atoms with Crippen LogP contribution >= 0.6 is 0 Å². The van der Waals surface area contributed by atoms with E-state index in [9.17, 15) is 0 Å². The van der Waals surface area contributed by atoms with Crippen LogP contribution < -0.4 is 5.73 Å². The molecular formula is C15H23N3O. The Labute approximate surface area is 114 Å². The van der Waals surface area contributed by atoms with Crippen LogP contribution in [0.15, 0.2) is 24.3 Å². The summed E-state index contributed by atoms with van der Waals surface area (Å²) in [7, 11) is 1.73. The number of aryl methyl sites for hydroxylation is 1. The van der Waals surface area contributed by atoms with Gasteiger partial charge in [0.25, 0.3) is 0 Å². The van der Waals surface area contributed by atoms with Gasteiger partial charge in [0.05, 0.1) is 17.6 Å². The van der Waals surface area contributed by atoms with Crippen molar-refractivity contribution < 1.29 is 4.74 Å². The predicted octanol–water partition coefficient (Wildman–Crippen LogP) is 2.21. The summed E-state index contributed by atoms with van der Waals surface area (Å²) in [5.41, 5.74) is 7.94. The zero-order valence-electron chi connectivity index (χ0n) is 11.8. The summed E-state index contributed by atoms with van der Waals surface area (Å²) in [6.07, 6.45) is 2.05. The number of benzene rings is 1. The van der Waals surface area contributed by atoms with E-state index in [1.807, 2.05) is 6.07 Å². The van der Waals surface area contributed by atoms with Crippen LogP contribution in [-0.2, 0) is 17.7 Å². The van der Waals surface area contributed by atoms with Gasteiger partial charge in [-0.15, -0.1) is 0 Å². The van der Waals surface area contributed by atoms with Gasteiger partial charge in [-0.3, -0.25) is 0 Å². The Hall–Kier alpha value is -1.39. The first-order valence-corrected chi connectivity index (χ1v) is 6.89. The second-order valence-electron chi connectivity index (χ2n) is 5.04. The maximum Gasteiger partial charge on any atom is 0.109 e. The minimum atomic E-state index is 0.538. The van der Waals surface area contributed by atoms with E-state index >= 15 is 0 Å². The van der Waals surface area contributed by atoms with Crippen molar-refractivity contribution in [2.75, 3.05) is 20.3 Å². The standard InChI is InChI=1S/C15H23N3O/c1-12(11-16)7-8-15-17-13-5-3-4-6-14(13)18(15)9-10-19-2/h3-6,12H,7-11,16H2,1-2H3. The number of methoxy groups -OCH3 is 1. The number of para-hydroxylation sites is 2. The number of nitrogens with zero attached hydrogens (tertiary/aromatic N) is 2. The molecule has 104 valence electrons. The van der Waals surface area contributed by atoms with E-state index in [1.54, 1.807) is 7.11 Å². The van der Waals surface area contributed by atoms with Gasteiger partial charge in [0.1, 0.15) is 5.82 Å². The Morgan fingerprint density at radius 2 is 2.16 bits per heavy atom. The largest absolute Gasteiger partial charge is 0.383 e. The highest BCUT2D eigenvalue weighted by Gasteiger charge is 2.11. The van der Waals surface area contributed by atoms with E-state index in [4.69, 9.17) is 15.5 Å². The first-order valence-electron chi connectivity index (χ1n) is 6.89. The SMILES string of the molecule is COCCn1c(CCC(C)CN)nc2ccccc21. The minimum absolute atomic E-state index is 0.538. The van der Waals surface area contributed by atoms with Crippen LogP contribution in [0, 0.1) is 5.92 Å². The third-order valence-corrected chi connectivity index (χ3v) is 3.52. The van der Waals surface area contributed by atoms with Crippen LogP contribution in [0.1, 0.15) is 19.2 Å². The summed E-state index contributed by atoms with van der Waals surface area (Å²) in [5, 5.41) is 0. The molecule has 19 heavy (non-hydrogen) atoms. The summed E-state index contributed by atoms with van der Waals surface area (Å²) in [6.45, 7) is 4.48. The third-order valence-electron chi connectivity index (χ3n) is 3.52. The number of rotatable bonds is 7. The average molecular weight is 261 g/mol. The second kappa shape index (κ2) is 6.68. The zero-order chi connectivity index (χ0) is 13.7. The van der Waals surface area contributed by atoms with Gasteiger partial charge in [0.2, 0.25) is 0 Å². The highest BCUT2D eigenvalue weighted by Crippen LogP contribution is 2.18. The fourth-order valence-corrected chi connectivity index (χ4v) is 2.24. The molecule has 0 aliphatic carbocycles. The molecule has 2 aromatic rings. The van der Waals surface area contributed by atoms with Crippen LogP contribution in [0.5, 0.6) is 0 Å². The topological polar surface area (TPSA) is 53.1 Å². The summed E-state index contributed by atoms with van der Waals surface area (Å²) in [5.74, 6) is 1.68. The number of aromatic nitrogens is 2. The van der Waals surface area contributed by atoms with E-state index in [0.717, 1.165) is 37.3 Å². The lowest BCUT2D eigenvalue weighted by molar-refractivity contribution is 0.187. The Morgan fingerprint density at radius 1 is 1.37 bits per heavy atom. The van der Waals surface area contributed by atoms with Gasteiger partial charge in [-0.25, -0.2) is 4.98 Å². The first kappa shape index (κ1) is 14.0. The number of imidazole rings is 1. The number of ether oxygens (including phenoxy) is 1. The number of fused-ring (bicyclic) bond motifs is 1. The van der Waals surface area contributed by atoms with E-state index in [1.165, 1.54) is 5.52 Å². The normalized spacial score (nSPS) is 13.0. The van der Waals surface area contributed by atoms with Crippen LogP contribution in [0.3, 0.4) is 0 Å². The molecule has 0 radical (unpaired) electrons. The lowest BCUT2D eigenvalue weighted by Crippen LogP contribution is -2.14. The molecule has 1 heterocycles. The van der Waals surface area contributed by atoms with Gasteiger partial charge in [-0.2, -0.15) is 0 Å². The van der Waals surface area contributed by atoms with Gasteiger partial charge in [-0.1, -0.05) is 19.1 Å². The number of hydrogen-bond acceptors (Lipinski definition) is 3. The number of hydrogen-bond donors (Lipinski definition) is 1. The molecule has 1 atom stereocenters. The maximum absolute atomic E-state index is 5.68. The summed E-state index contributed by atoms with van der Waals surface area (Å²) < 4.78 is 7.46. The fraction of sp³-hybridized carbons (Fsp3) is 0.533. The van der Waals surface area contributed by atoms with Crippen molar-refractivity contribution in [3.8, 4) is 0 Å². The molecule has 1 aromatic heterocycles. The molecule has 1 unspecified atom stereocenters. The van der Waals surface area contributed by atoms with Crippen molar-refractivity contribution in [1.29, 1.82) is 0 Å². The van der Waals surface area contributed by atoms with Gasteiger partial charge in [-0.05, 0) is 31.0 Å². The summed E-state index contributed by atoms with van der Waals surface area (Å²) >= 11 is 0. The van der Waals surface area contributed by atoms with Crippen LogP contribution in [-0.4, -0.2) is 29.8 Å². The number of nitrogens with two attached hydrogens (primary N) is 1. The highest BCUT2D eigenvalue weighted by molar-refractivity contribution is 5.75. The maximum atomic E-state index is 5.68. The Kier molecular flexibility index (Phi) is 4.93. The predicted molar refractivity (Wildman–Crippen MR) is 78.1 cm³/mol. The smallest absolute Gasteiger partial charge is 0.109 e. The summed E-state index contributed by atoms with van der Waals surface area (Å²) in [6, 6.07) is 8.27. The monoisotopic (exact) mass is 261 g/mol. The molecule has 0 spiro atoms. The first-order chi connectivity index (χ1) is 9.26. The molecule has 4 heteroatoms. The van der Waals surface area contributed by atoms with Gasteiger partial charge in [0.15, 0.2) is 0 Å². The van der Waals surface area contributed by atoms with E-state index in [2.05, 4.69) is 29.7 Å². The quantitative estimate of drug-likeness (QED) is 0.831. The average Bonchev–Trinajstić information content (AvgIpc) is 2.80. The zero-order valence-corrected chi connectivity index (χ0v) is 11.8. The van der Waals surface area contributed by atoms with Crippen molar-refractivity contribution in [2.45, 2.75) is 26.3 Å². The van der Waals surface area contributed by atoms with Crippen LogP contribution in [0.4, 0.5) is 0 Å². The molecule has 1 aromatic carbocycles. The third kappa shape index (κ3) is 3.33. The molecule has 2 N–H and O–H groups in total. The Balaban J connectivity index is 2.24. The Bertz CT molecular complexity index is 521. The second-order valence-corrected chi connectivity index (χ2v) is 5.04. The molecule has 0 fully saturated rings. The van der Waals surface area contributed by atoms with Crippen LogP contribution in [0.25, 0.3) is 11.0 Å². The molecule has 0 aliphatic heterocycles. The molecule has 4 nitrogen and oxygen atoms in total. The van der Waals surface area contributed by atoms with Gasteiger partial charge < -0.3 is 15.0 Å². The van der Waals surface area contributed by atoms with E-state index < -0.39 is 0 Å². The van der Waals surface area contributed by atoms with Crippen molar-refractivity contribution in [2.24, 2.45) is 11.7 Å². The van der Waals surface area contributed by atoms with Crippen LogP contribution in [0.2, 0.25) is 0 Å². The molecular weight excluding hydrogens is 238 g/mol. The van der Waals surface area contributed by atoms with E-state index in [0.29, 0.717) is 12.5 Å². The van der Waals surface area contributed by atoms with E-state index in [-0.39, 0.29) is 0 Å². The molecule has 0 amide bonds. The minimum Gasteiger partial charge on any atom is -0.383 e. The van der Waals surface area contributed by atoms with Crippen molar-refractivity contribution in [3.05, 3.63) is 30.1 Å². The van der Waals surface area contributed by atoms with Gasteiger partial charge >= 0.3 is 0 Å². The lowest BCUT2D eigenvalue weighted by atomic mass is 10.1. The molecule has 0 aliphatic rings. The lowest BCUT2D eigenvalue weighted by Gasteiger charge is -2.11. The Morgan fingerprint density at radius 3 is 2.89 bits per heavy atom. The molecule has 0 saturated heterocycles. The highest BCUT2D eigenvalue weighted by atomic mass is 16.5. The summed E-state index contributed by atoms with van der Waals surface area (Å²) in [4.78, 5) is 4.74.